The van der Waals surface area contributed by atoms with Gasteiger partial charge < -0.3 is 15.4 Å². The number of alkyl halides is 3. The van der Waals surface area contributed by atoms with E-state index < -0.39 is 24.1 Å². The Labute approximate surface area is 125 Å². The van der Waals surface area contributed by atoms with Gasteiger partial charge in [0, 0.05) is 12.1 Å². The Bertz CT molecular complexity index is 515. The van der Waals surface area contributed by atoms with Gasteiger partial charge in [0.15, 0.2) is 0 Å². The van der Waals surface area contributed by atoms with Crippen LogP contribution in [0.15, 0.2) is 24.3 Å². The summed E-state index contributed by atoms with van der Waals surface area (Å²) in [6.45, 7) is 3.92. The first-order valence-corrected chi connectivity index (χ1v) is 6.67. The van der Waals surface area contributed by atoms with Crippen LogP contribution < -0.4 is 15.4 Å². The third-order valence-corrected chi connectivity index (χ3v) is 2.64. The summed E-state index contributed by atoms with van der Waals surface area (Å²) >= 11 is 0. The van der Waals surface area contributed by atoms with Crippen LogP contribution in [0.25, 0.3) is 0 Å². The fraction of sp³-hybridized carbons (Fsp3) is 0.429. The third-order valence-electron chi connectivity index (χ3n) is 2.64. The zero-order valence-electron chi connectivity index (χ0n) is 12.2. The van der Waals surface area contributed by atoms with Crippen LogP contribution in [-0.2, 0) is 4.79 Å². The fourth-order valence-electron chi connectivity index (χ4n) is 1.55. The topological polar surface area (TPSA) is 67.4 Å². The smallest absolute Gasteiger partial charge is 0.406 e. The van der Waals surface area contributed by atoms with Crippen molar-refractivity contribution in [2.45, 2.75) is 32.7 Å². The molecule has 0 saturated carbocycles. The Kier molecular flexibility index (Phi) is 6.21. The van der Waals surface area contributed by atoms with E-state index in [1.54, 1.807) is 0 Å². The number of hydrogen-bond donors (Lipinski definition) is 2. The minimum absolute atomic E-state index is 0.129. The lowest BCUT2D eigenvalue weighted by molar-refractivity contribution is -0.274. The van der Waals surface area contributed by atoms with Crippen molar-refractivity contribution in [3.8, 4) is 5.75 Å². The lowest BCUT2D eigenvalue weighted by Crippen LogP contribution is -2.44. The number of nitrogens with one attached hydrogen (secondary N) is 2. The van der Waals surface area contributed by atoms with Crippen molar-refractivity contribution in [2.24, 2.45) is 0 Å². The van der Waals surface area contributed by atoms with Crippen LogP contribution in [0.3, 0.4) is 0 Å². The van der Waals surface area contributed by atoms with Gasteiger partial charge in [-0.25, -0.2) is 0 Å². The Balaban J connectivity index is 2.60. The van der Waals surface area contributed by atoms with E-state index in [-0.39, 0.29) is 11.5 Å². The van der Waals surface area contributed by atoms with Crippen molar-refractivity contribution in [1.82, 2.24) is 10.6 Å². The number of amides is 2. The highest BCUT2D eigenvalue weighted by atomic mass is 19.4. The van der Waals surface area contributed by atoms with Crippen molar-refractivity contribution < 1.29 is 27.5 Å². The van der Waals surface area contributed by atoms with Crippen LogP contribution >= 0.6 is 0 Å². The van der Waals surface area contributed by atoms with Crippen molar-refractivity contribution >= 4 is 11.8 Å². The Morgan fingerprint density at radius 3 is 2.32 bits per heavy atom. The molecule has 1 atom stereocenters. The average molecular weight is 318 g/mol. The highest BCUT2D eigenvalue weighted by Crippen LogP contribution is 2.22. The van der Waals surface area contributed by atoms with E-state index in [4.69, 9.17) is 0 Å². The number of ether oxygens (including phenoxy) is 1. The molecule has 0 heterocycles. The first kappa shape index (κ1) is 17.8. The van der Waals surface area contributed by atoms with E-state index in [9.17, 15) is 22.8 Å². The molecule has 0 fully saturated rings. The van der Waals surface area contributed by atoms with Gasteiger partial charge in [-0.15, -0.1) is 13.2 Å². The summed E-state index contributed by atoms with van der Waals surface area (Å²) in [4.78, 5) is 23.5. The van der Waals surface area contributed by atoms with Gasteiger partial charge in [-0.3, -0.25) is 9.59 Å². The van der Waals surface area contributed by atoms with Gasteiger partial charge in [0.1, 0.15) is 11.8 Å². The molecule has 0 radical (unpaired) electrons. The average Bonchev–Trinajstić information content (AvgIpc) is 2.43. The molecule has 1 rings (SSSR count). The Morgan fingerprint density at radius 1 is 1.23 bits per heavy atom. The van der Waals surface area contributed by atoms with Gasteiger partial charge in [0.05, 0.1) is 0 Å². The normalized spacial score (nSPS) is 12.4. The van der Waals surface area contributed by atoms with Crippen molar-refractivity contribution in [3.63, 3.8) is 0 Å². The van der Waals surface area contributed by atoms with Gasteiger partial charge >= 0.3 is 6.36 Å². The number of hydrogen-bond acceptors (Lipinski definition) is 3. The predicted molar refractivity (Wildman–Crippen MR) is 73.4 cm³/mol. The summed E-state index contributed by atoms with van der Waals surface area (Å²) in [5, 5.41) is 5.08. The lowest BCUT2D eigenvalue weighted by Gasteiger charge is -2.14. The Morgan fingerprint density at radius 2 is 1.82 bits per heavy atom. The second-order valence-corrected chi connectivity index (χ2v) is 4.56. The summed E-state index contributed by atoms with van der Waals surface area (Å²) in [7, 11) is 0. The predicted octanol–water partition coefficient (Wildman–Crippen LogP) is 2.23. The molecule has 22 heavy (non-hydrogen) atoms. The number of halogens is 3. The second kappa shape index (κ2) is 7.67. The first-order chi connectivity index (χ1) is 10.2. The van der Waals surface area contributed by atoms with Crippen molar-refractivity contribution in [1.29, 1.82) is 0 Å². The standard InChI is InChI=1S/C14H17F3N2O3/c1-3-8-18-12(20)9(2)19-13(21)10-4-6-11(7-5-10)22-14(15,16)17/h4-7,9H,3,8H2,1-2H3,(H,18,20)(H,19,21)/t9-/m0/s1. The third kappa shape index (κ3) is 6.02. The summed E-state index contributed by atoms with van der Waals surface area (Å²) in [6, 6.07) is 3.69. The molecule has 0 saturated heterocycles. The van der Waals surface area contributed by atoms with Gasteiger partial charge in [0.25, 0.3) is 5.91 Å². The molecule has 0 spiro atoms. The maximum absolute atomic E-state index is 12.0. The molecule has 1 aromatic carbocycles. The molecular formula is C14H17F3N2O3. The van der Waals surface area contributed by atoms with Gasteiger partial charge in [-0.2, -0.15) is 0 Å². The SMILES string of the molecule is CCCNC(=O)[C@H](C)NC(=O)c1ccc(OC(F)(F)F)cc1. The van der Waals surface area contributed by atoms with E-state index >= 15 is 0 Å². The molecule has 8 heteroatoms. The highest BCUT2D eigenvalue weighted by Gasteiger charge is 2.31. The van der Waals surface area contributed by atoms with Crippen LogP contribution in [0.1, 0.15) is 30.6 Å². The lowest BCUT2D eigenvalue weighted by atomic mass is 10.2. The molecule has 0 aliphatic carbocycles. The van der Waals surface area contributed by atoms with Gasteiger partial charge in [-0.05, 0) is 37.6 Å². The molecule has 122 valence electrons. The van der Waals surface area contributed by atoms with Crippen LogP contribution in [0.2, 0.25) is 0 Å². The largest absolute Gasteiger partial charge is 0.573 e. The first-order valence-electron chi connectivity index (χ1n) is 6.67. The second-order valence-electron chi connectivity index (χ2n) is 4.56. The van der Waals surface area contributed by atoms with Crippen LogP contribution in [0.4, 0.5) is 13.2 Å². The molecular weight excluding hydrogens is 301 g/mol. The number of carbonyl (C=O) groups excluding carboxylic acids is 2. The van der Waals surface area contributed by atoms with Crippen LogP contribution in [-0.4, -0.2) is 30.8 Å². The summed E-state index contributed by atoms with van der Waals surface area (Å²) < 4.78 is 39.8. The zero-order chi connectivity index (χ0) is 16.8. The Hall–Kier alpha value is -2.25. The molecule has 0 bridgehead atoms. The van der Waals surface area contributed by atoms with Crippen molar-refractivity contribution in [2.75, 3.05) is 6.54 Å². The molecule has 2 amide bonds. The zero-order valence-corrected chi connectivity index (χ0v) is 12.2. The molecule has 0 aliphatic heterocycles. The minimum Gasteiger partial charge on any atom is -0.406 e. The minimum atomic E-state index is -4.78. The van der Waals surface area contributed by atoms with E-state index in [2.05, 4.69) is 15.4 Å². The van der Waals surface area contributed by atoms with Crippen molar-refractivity contribution in [3.05, 3.63) is 29.8 Å². The molecule has 0 aliphatic rings. The summed E-state index contributed by atoms with van der Waals surface area (Å²) in [5.74, 6) is -1.30. The highest BCUT2D eigenvalue weighted by molar-refractivity contribution is 5.97. The van der Waals surface area contributed by atoms with E-state index in [1.807, 2.05) is 6.92 Å². The van der Waals surface area contributed by atoms with Crippen LogP contribution in [0, 0.1) is 0 Å². The number of carbonyl (C=O) groups is 2. The monoisotopic (exact) mass is 318 g/mol. The molecule has 5 nitrogen and oxygen atoms in total. The van der Waals surface area contributed by atoms with E-state index in [0.717, 1.165) is 18.6 Å². The summed E-state index contributed by atoms with van der Waals surface area (Å²) in [5.41, 5.74) is 0.129. The fourth-order valence-corrected chi connectivity index (χ4v) is 1.55. The molecule has 0 aromatic heterocycles. The van der Waals surface area contributed by atoms with Gasteiger partial charge in [-0.1, -0.05) is 6.92 Å². The number of benzene rings is 1. The quantitative estimate of drug-likeness (QED) is 0.845. The molecule has 0 unspecified atom stereocenters. The molecule has 1 aromatic rings. The maximum Gasteiger partial charge on any atom is 0.573 e. The van der Waals surface area contributed by atoms with E-state index in [0.29, 0.717) is 6.54 Å². The maximum atomic E-state index is 12.0. The number of rotatable bonds is 6. The van der Waals surface area contributed by atoms with Crippen LogP contribution in [0.5, 0.6) is 5.75 Å². The van der Waals surface area contributed by atoms with Gasteiger partial charge in [0.2, 0.25) is 5.91 Å². The molecule has 2 N–H and O–H groups in total. The summed E-state index contributed by atoms with van der Waals surface area (Å²) in [6.07, 6.45) is -4.01. The van der Waals surface area contributed by atoms with E-state index in [1.165, 1.54) is 19.1 Å².